The Morgan fingerprint density at radius 3 is 2.46 bits per heavy atom. The fraction of sp³-hybridized carbons (Fsp3) is 0.125. The van der Waals surface area contributed by atoms with E-state index < -0.39 is 11.8 Å². The molecule has 3 aromatic rings. The highest BCUT2D eigenvalue weighted by atomic mass is 32.1. The molecule has 2 amide bonds. The quantitative estimate of drug-likeness (QED) is 0.713. The third-order valence-corrected chi connectivity index (χ3v) is 4.37. The fourth-order valence-corrected chi connectivity index (χ4v) is 2.98. The van der Waals surface area contributed by atoms with Crippen molar-refractivity contribution in [2.24, 2.45) is 0 Å². The minimum Gasteiger partial charge on any atom is -0.351 e. The standard InChI is InChI=1S/C16H14N4O3S/c1-9-8-12(23-20-9)14(21)18-19-15(22)13-10(2)17-16(24-13)11-6-4-3-5-7-11/h3-8H,1-2H3,(H,18,21)(H,19,22). The van der Waals surface area contributed by atoms with Crippen LogP contribution in [0, 0.1) is 13.8 Å². The van der Waals surface area contributed by atoms with Crippen LogP contribution >= 0.6 is 11.3 Å². The van der Waals surface area contributed by atoms with Gasteiger partial charge in [-0.15, -0.1) is 11.3 Å². The molecule has 1 aromatic carbocycles. The van der Waals surface area contributed by atoms with Gasteiger partial charge in [0.15, 0.2) is 0 Å². The zero-order chi connectivity index (χ0) is 17.1. The maximum absolute atomic E-state index is 12.2. The minimum atomic E-state index is -0.575. The van der Waals surface area contributed by atoms with E-state index in [0.717, 1.165) is 10.6 Å². The third kappa shape index (κ3) is 3.33. The summed E-state index contributed by atoms with van der Waals surface area (Å²) in [6.07, 6.45) is 0. The maximum atomic E-state index is 12.2. The minimum absolute atomic E-state index is 0.0267. The molecule has 0 aliphatic rings. The Balaban J connectivity index is 1.69. The smallest absolute Gasteiger partial charge is 0.308 e. The molecule has 0 saturated heterocycles. The number of carbonyl (C=O) groups is 2. The van der Waals surface area contributed by atoms with Gasteiger partial charge < -0.3 is 4.52 Å². The van der Waals surface area contributed by atoms with Gasteiger partial charge in [-0.3, -0.25) is 20.4 Å². The van der Waals surface area contributed by atoms with Gasteiger partial charge in [0.1, 0.15) is 9.88 Å². The number of amides is 2. The van der Waals surface area contributed by atoms with Crippen LogP contribution in [0.5, 0.6) is 0 Å². The molecule has 8 heteroatoms. The second-order valence-electron chi connectivity index (χ2n) is 5.04. The molecule has 0 bridgehead atoms. The summed E-state index contributed by atoms with van der Waals surface area (Å²) >= 11 is 1.26. The Kier molecular flexibility index (Phi) is 4.39. The van der Waals surface area contributed by atoms with Gasteiger partial charge in [-0.05, 0) is 13.8 Å². The summed E-state index contributed by atoms with van der Waals surface area (Å²) in [5.74, 6) is -0.982. The molecule has 0 aliphatic carbocycles. The number of rotatable bonds is 3. The SMILES string of the molecule is Cc1cc(C(=O)NNC(=O)c2sc(-c3ccccc3)nc2C)on1. The van der Waals surface area contributed by atoms with Crippen LogP contribution in [0.2, 0.25) is 0 Å². The van der Waals surface area contributed by atoms with Crippen LogP contribution in [0.15, 0.2) is 40.9 Å². The summed E-state index contributed by atoms with van der Waals surface area (Å²) in [6.45, 7) is 3.45. The van der Waals surface area contributed by atoms with Crippen molar-refractivity contribution in [3.05, 3.63) is 58.4 Å². The molecule has 2 aromatic heterocycles. The molecule has 122 valence electrons. The van der Waals surface area contributed by atoms with Gasteiger partial charge in [-0.25, -0.2) is 4.98 Å². The number of nitrogens with zero attached hydrogens (tertiary/aromatic N) is 2. The maximum Gasteiger partial charge on any atom is 0.308 e. The van der Waals surface area contributed by atoms with E-state index in [1.807, 2.05) is 30.3 Å². The number of hydrogen-bond acceptors (Lipinski definition) is 6. The number of benzene rings is 1. The Morgan fingerprint density at radius 1 is 1.08 bits per heavy atom. The number of carbonyl (C=O) groups excluding carboxylic acids is 2. The highest BCUT2D eigenvalue weighted by Crippen LogP contribution is 2.27. The zero-order valence-corrected chi connectivity index (χ0v) is 13.8. The average Bonchev–Trinajstić information content (AvgIpc) is 3.19. The Labute approximate surface area is 141 Å². The summed E-state index contributed by atoms with van der Waals surface area (Å²) in [5.41, 5.74) is 6.76. The first-order chi connectivity index (χ1) is 11.5. The highest BCUT2D eigenvalue weighted by Gasteiger charge is 2.18. The van der Waals surface area contributed by atoms with Crippen LogP contribution in [0.25, 0.3) is 10.6 Å². The predicted octanol–water partition coefficient (Wildman–Crippen LogP) is 2.49. The molecule has 24 heavy (non-hydrogen) atoms. The van der Waals surface area contributed by atoms with Gasteiger partial charge in [0, 0.05) is 11.6 Å². The second-order valence-corrected chi connectivity index (χ2v) is 6.04. The van der Waals surface area contributed by atoms with Crippen LogP contribution < -0.4 is 10.9 Å². The van der Waals surface area contributed by atoms with Crippen molar-refractivity contribution in [1.82, 2.24) is 21.0 Å². The van der Waals surface area contributed by atoms with Crippen LogP contribution in [0.4, 0.5) is 0 Å². The first-order valence-electron chi connectivity index (χ1n) is 7.11. The fourth-order valence-electron chi connectivity index (χ4n) is 2.01. The van der Waals surface area contributed by atoms with E-state index in [0.29, 0.717) is 16.3 Å². The lowest BCUT2D eigenvalue weighted by molar-refractivity contribution is 0.0826. The molecule has 7 nitrogen and oxygen atoms in total. The van der Waals surface area contributed by atoms with Gasteiger partial charge >= 0.3 is 5.91 Å². The van der Waals surface area contributed by atoms with Crippen molar-refractivity contribution in [3.8, 4) is 10.6 Å². The van der Waals surface area contributed by atoms with E-state index in [1.54, 1.807) is 13.8 Å². The average molecular weight is 342 g/mol. The second kappa shape index (κ2) is 6.63. The first-order valence-corrected chi connectivity index (χ1v) is 7.93. The zero-order valence-electron chi connectivity index (χ0n) is 13.0. The lowest BCUT2D eigenvalue weighted by Gasteiger charge is -2.03. The number of aromatic nitrogens is 2. The molecular formula is C16H14N4O3S. The van der Waals surface area contributed by atoms with E-state index in [9.17, 15) is 9.59 Å². The molecular weight excluding hydrogens is 328 g/mol. The molecule has 2 N–H and O–H groups in total. The molecule has 0 fully saturated rings. The summed E-state index contributed by atoms with van der Waals surface area (Å²) in [7, 11) is 0. The summed E-state index contributed by atoms with van der Waals surface area (Å²) in [5, 5.41) is 4.36. The summed E-state index contributed by atoms with van der Waals surface area (Å²) in [6, 6.07) is 11.1. The van der Waals surface area contributed by atoms with Crippen LogP contribution in [0.3, 0.4) is 0 Å². The van der Waals surface area contributed by atoms with Gasteiger partial charge in [0.25, 0.3) is 5.91 Å². The van der Waals surface area contributed by atoms with Crippen molar-refractivity contribution >= 4 is 23.2 Å². The van der Waals surface area contributed by atoms with E-state index >= 15 is 0 Å². The van der Waals surface area contributed by atoms with Crippen molar-refractivity contribution in [2.75, 3.05) is 0 Å². The summed E-state index contributed by atoms with van der Waals surface area (Å²) < 4.78 is 4.83. The number of thiazole rings is 1. The number of nitrogens with one attached hydrogen (secondary N) is 2. The van der Waals surface area contributed by atoms with Crippen molar-refractivity contribution in [2.45, 2.75) is 13.8 Å². The van der Waals surface area contributed by atoms with Crippen molar-refractivity contribution in [3.63, 3.8) is 0 Å². The molecule has 0 unspecified atom stereocenters. The van der Waals surface area contributed by atoms with Crippen LogP contribution in [-0.2, 0) is 0 Å². The number of hydrogen-bond donors (Lipinski definition) is 2. The molecule has 0 aliphatic heterocycles. The van der Waals surface area contributed by atoms with Gasteiger partial charge in [0.05, 0.1) is 11.4 Å². The molecule has 0 atom stereocenters. The van der Waals surface area contributed by atoms with Crippen LogP contribution in [0.1, 0.15) is 31.6 Å². The van der Waals surface area contributed by atoms with E-state index in [-0.39, 0.29) is 5.76 Å². The predicted molar refractivity (Wildman–Crippen MR) is 88.5 cm³/mol. The summed E-state index contributed by atoms with van der Waals surface area (Å²) in [4.78, 5) is 28.9. The molecule has 2 heterocycles. The molecule has 0 spiro atoms. The Morgan fingerprint density at radius 2 is 1.79 bits per heavy atom. The van der Waals surface area contributed by atoms with E-state index in [1.165, 1.54) is 17.4 Å². The monoisotopic (exact) mass is 342 g/mol. The van der Waals surface area contributed by atoms with Gasteiger partial charge in [0.2, 0.25) is 5.76 Å². The lowest BCUT2D eigenvalue weighted by Crippen LogP contribution is -2.41. The highest BCUT2D eigenvalue weighted by molar-refractivity contribution is 7.17. The van der Waals surface area contributed by atoms with Gasteiger partial charge in [-0.2, -0.15) is 0 Å². The van der Waals surface area contributed by atoms with Gasteiger partial charge in [-0.1, -0.05) is 35.5 Å². The van der Waals surface area contributed by atoms with Crippen LogP contribution in [-0.4, -0.2) is 22.0 Å². The molecule has 3 rings (SSSR count). The van der Waals surface area contributed by atoms with Crippen molar-refractivity contribution < 1.29 is 14.1 Å². The third-order valence-electron chi connectivity index (χ3n) is 3.16. The lowest BCUT2D eigenvalue weighted by atomic mass is 10.2. The number of aryl methyl sites for hydroxylation is 2. The molecule has 0 radical (unpaired) electrons. The molecule has 0 saturated carbocycles. The Bertz CT molecular complexity index is 886. The van der Waals surface area contributed by atoms with E-state index in [2.05, 4.69) is 21.0 Å². The number of hydrazine groups is 1. The van der Waals surface area contributed by atoms with E-state index in [4.69, 9.17) is 4.52 Å². The largest absolute Gasteiger partial charge is 0.351 e. The first kappa shape index (κ1) is 15.9. The normalized spacial score (nSPS) is 10.4. The van der Waals surface area contributed by atoms with Crippen molar-refractivity contribution in [1.29, 1.82) is 0 Å². The topological polar surface area (TPSA) is 97.1 Å². The Hall–Kier alpha value is -3.00.